The molecule has 21 heavy (non-hydrogen) atoms. The fourth-order valence-corrected chi connectivity index (χ4v) is 2.90. The monoisotopic (exact) mass is 316 g/mol. The maximum Gasteiger partial charge on any atom is 0.306 e. The fourth-order valence-electron chi connectivity index (χ4n) is 1.65. The topological polar surface area (TPSA) is 127 Å². The highest BCUT2D eigenvalue weighted by molar-refractivity contribution is 7.89. The molecule has 0 aliphatic heterocycles. The van der Waals surface area contributed by atoms with E-state index in [-0.39, 0.29) is 6.54 Å². The van der Waals surface area contributed by atoms with Gasteiger partial charge in [0.2, 0.25) is 10.0 Å². The Hall–Kier alpha value is -2.00. The Morgan fingerprint density at radius 3 is 2.62 bits per heavy atom. The second kappa shape index (κ2) is 7.14. The van der Waals surface area contributed by atoms with Crippen molar-refractivity contribution in [3.8, 4) is 0 Å². The van der Waals surface area contributed by atoms with Crippen LogP contribution in [0.1, 0.15) is 19.8 Å². The number of rotatable bonds is 8. The van der Waals surface area contributed by atoms with E-state index < -0.39 is 37.4 Å². The van der Waals surface area contributed by atoms with E-state index >= 15 is 0 Å². The van der Waals surface area contributed by atoms with Gasteiger partial charge in [-0.25, -0.2) is 13.1 Å². The van der Waals surface area contributed by atoms with Gasteiger partial charge in [0.1, 0.15) is 0 Å². The first-order chi connectivity index (χ1) is 9.75. The molecular weight excluding hydrogens is 300 g/mol. The average molecular weight is 316 g/mol. The van der Waals surface area contributed by atoms with Crippen molar-refractivity contribution in [1.29, 1.82) is 0 Å². The quantitative estimate of drug-likeness (QED) is 0.424. The first-order valence-electron chi connectivity index (χ1n) is 6.21. The summed E-state index contributed by atoms with van der Waals surface area (Å²) in [7, 11) is -3.99. The van der Waals surface area contributed by atoms with Gasteiger partial charge in [0, 0.05) is 12.6 Å². The Morgan fingerprint density at radius 1 is 1.43 bits per heavy atom. The van der Waals surface area contributed by atoms with E-state index in [1.165, 1.54) is 19.1 Å². The summed E-state index contributed by atoms with van der Waals surface area (Å²) in [5.41, 5.74) is -0.496. The van der Waals surface area contributed by atoms with Crippen molar-refractivity contribution in [3.63, 3.8) is 0 Å². The summed E-state index contributed by atoms with van der Waals surface area (Å²) in [6.45, 7) is 1.55. The lowest BCUT2D eigenvalue weighted by molar-refractivity contribution is -0.387. The molecule has 0 aromatic heterocycles. The van der Waals surface area contributed by atoms with Crippen LogP contribution < -0.4 is 4.72 Å². The molecule has 9 heteroatoms. The summed E-state index contributed by atoms with van der Waals surface area (Å²) in [6, 6.07) is 5.04. The Labute approximate surface area is 122 Å². The Kier molecular flexibility index (Phi) is 5.79. The van der Waals surface area contributed by atoms with Crippen molar-refractivity contribution < 1.29 is 23.2 Å². The van der Waals surface area contributed by atoms with Crippen molar-refractivity contribution in [3.05, 3.63) is 34.4 Å². The van der Waals surface area contributed by atoms with Crippen LogP contribution in [0.15, 0.2) is 29.2 Å². The van der Waals surface area contributed by atoms with Crippen LogP contribution in [0, 0.1) is 16.0 Å². The van der Waals surface area contributed by atoms with Gasteiger partial charge in [-0.05, 0) is 18.9 Å². The van der Waals surface area contributed by atoms with Crippen molar-refractivity contribution in [2.45, 2.75) is 24.7 Å². The maximum atomic E-state index is 12.0. The van der Waals surface area contributed by atoms with Gasteiger partial charge in [0.15, 0.2) is 4.90 Å². The van der Waals surface area contributed by atoms with Gasteiger partial charge < -0.3 is 5.11 Å². The summed E-state index contributed by atoms with van der Waals surface area (Å²) in [5.74, 6) is -1.52. The Bertz CT molecular complexity index is 628. The van der Waals surface area contributed by atoms with E-state index in [1.54, 1.807) is 0 Å². The predicted molar refractivity (Wildman–Crippen MR) is 74.3 cm³/mol. The van der Waals surface area contributed by atoms with Crippen LogP contribution in [0.3, 0.4) is 0 Å². The lowest BCUT2D eigenvalue weighted by atomic mass is 10.1. The number of nitro groups is 1. The second-order valence-electron chi connectivity index (χ2n) is 4.50. The first-order valence-corrected chi connectivity index (χ1v) is 7.70. The van der Waals surface area contributed by atoms with Crippen LogP contribution >= 0.6 is 0 Å². The number of nitro benzene ring substituents is 1. The molecule has 116 valence electrons. The molecule has 0 bridgehead atoms. The zero-order chi connectivity index (χ0) is 16.0. The summed E-state index contributed by atoms with van der Waals surface area (Å²) in [6.07, 6.45) is 0.641. The molecule has 1 unspecified atom stereocenters. The molecule has 1 aromatic carbocycles. The summed E-state index contributed by atoms with van der Waals surface area (Å²) in [5, 5.41) is 19.5. The molecule has 1 rings (SSSR count). The molecule has 1 aromatic rings. The van der Waals surface area contributed by atoms with Crippen LogP contribution in [0.4, 0.5) is 5.69 Å². The van der Waals surface area contributed by atoms with Crippen molar-refractivity contribution in [2.24, 2.45) is 5.92 Å². The van der Waals surface area contributed by atoms with E-state index in [1.807, 2.05) is 0 Å². The number of hydrogen-bond acceptors (Lipinski definition) is 5. The molecule has 0 amide bonds. The lowest BCUT2D eigenvalue weighted by Crippen LogP contribution is -2.26. The average Bonchev–Trinajstić information content (AvgIpc) is 2.43. The number of sulfonamides is 1. The van der Waals surface area contributed by atoms with E-state index in [0.29, 0.717) is 12.8 Å². The summed E-state index contributed by atoms with van der Waals surface area (Å²) >= 11 is 0. The third-order valence-electron chi connectivity index (χ3n) is 2.88. The Morgan fingerprint density at radius 2 is 2.05 bits per heavy atom. The van der Waals surface area contributed by atoms with E-state index in [2.05, 4.69) is 4.72 Å². The minimum atomic E-state index is -3.99. The number of hydrogen-bond donors (Lipinski definition) is 2. The number of carboxylic acid groups (broad SMARTS) is 1. The van der Waals surface area contributed by atoms with Crippen molar-refractivity contribution >= 4 is 21.7 Å². The van der Waals surface area contributed by atoms with Crippen LogP contribution in [-0.2, 0) is 14.8 Å². The number of nitrogens with zero attached hydrogens (tertiary/aromatic N) is 1. The number of carboxylic acids is 1. The van der Waals surface area contributed by atoms with Gasteiger partial charge in [-0.3, -0.25) is 14.9 Å². The number of carbonyl (C=O) groups is 1. The van der Waals surface area contributed by atoms with Gasteiger partial charge >= 0.3 is 5.97 Å². The molecule has 0 heterocycles. The van der Waals surface area contributed by atoms with E-state index in [0.717, 1.165) is 12.1 Å². The molecule has 0 radical (unpaired) electrons. The Balaban J connectivity index is 2.71. The minimum absolute atomic E-state index is 0.0198. The van der Waals surface area contributed by atoms with Crippen LogP contribution in [-0.4, -0.2) is 31.0 Å². The number of para-hydroxylation sites is 1. The normalized spacial score (nSPS) is 12.8. The minimum Gasteiger partial charge on any atom is -0.481 e. The van der Waals surface area contributed by atoms with Crippen molar-refractivity contribution in [2.75, 3.05) is 6.54 Å². The number of aliphatic carboxylic acids is 1. The highest BCUT2D eigenvalue weighted by Crippen LogP contribution is 2.22. The van der Waals surface area contributed by atoms with E-state index in [4.69, 9.17) is 5.11 Å². The third-order valence-corrected chi connectivity index (χ3v) is 4.39. The van der Waals surface area contributed by atoms with Crippen LogP contribution in [0.25, 0.3) is 0 Å². The summed E-state index contributed by atoms with van der Waals surface area (Å²) < 4.78 is 26.2. The fraction of sp³-hybridized carbons (Fsp3) is 0.417. The van der Waals surface area contributed by atoms with Gasteiger partial charge in [-0.15, -0.1) is 0 Å². The van der Waals surface area contributed by atoms with Gasteiger partial charge in [-0.2, -0.15) is 0 Å². The van der Waals surface area contributed by atoms with Gasteiger partial charge in [-0.1, -0.05) is 19.1 Å². The van der Waals surface area contributed by atoms with Gasteiger partial charge in [0.05, 0.1) is 10.8 Å². The molecule has 1 atom stereocenters. The lowest BCUT2D eigenvalue weighted by Gasteiger charge is -2.08. The third kappa shape index (κ3) is 4.80. The number of nitrogens with one attached hydrogen (secondary N) is 1. The van der Waals surface area contributed by atoms with Gasteiger partial charge in [0.25, 0.3) is 5.69 Å². The highest BCUT2D eigenvalue weighted by Gasteiger charge is 2.24. The molecule has 0 aliphatic carbocycles. The van der Waals surface area contributed by atoms with Crippen LogP contribution in [0.2, 0.25) is 0 Å². The maximum absolute atomic E-state index is 12.0. The molecule has 2 N–H and O–H groups in total. The molecule has 0 saturated heterocycles. The molecule has 0 spiro atoms. The zero-order valence-corrected chi connectivity index (χ0v) is 12.2. The zero-order valence-electron chi connectivity index (χ0n) is 11.4. The first kappa shape index (κ1) is 17.1. The standard InChI is InChI=1S/C12H16N2O6S/c1-9(12(15)16)5-4-8-13-21(19,20)11-7-3-2-6-10(11)14(17)18/h2-3,6-7,9,13H,4-5,8H2,1H3,(H,15,16). The largest absolute Gasteiger partial charge is 0.481 e. The second-order valence-corrected chi connectivity index (χ2v) is 6.24. The molecule has 0 aliphatic rings. The predicted octanol–water partition coefficient (Wildman–Crippen LogP) is 1.37. The van der Waals surface area contributed by atoms with E-state index in [9.17, 15) is 23.3 Å². The SMILES string of the molecule is CC(CCCNS(=O)(=O)c1ccccc1[N+](=O)[O-])C(=O)O. The molecule has 8 nitrogen and oxygen atoms in total. The number of benzene rings is 1. The summed E-state index contributed by atoms with van der Waals surface area (Å²) in [4.78, 5) is 20.3. The smallest absolute Gasteiger partial charge is 0.306 e. The van der Waals surface area contributed by atoms with Crippen LogP contribution in [0.5, 0.6) is 0 Å². The molecule has 0 fully saturated rings. The van der Waals surface area contributed by atoms with Crippen molar-refractivity contribution in [1.82, 2.24) is 4.72 Å². The highest BCUT2D eigenvalue weighted by atomic mass is 32.2. The molecule has 0 saturated carbocycles. The molecular formula is C12H16N2O6S.